The molecule has 0 saturated heterocycles. The van der Waals surface area contributed by atoms with Crippen molar-refractivity contribution in [3.63, 3.8) is 0 Å². The van der Waals surface area contributed by atoms with Crippen molar-refractivity contribution < 1.29 is 28.0 Å². The van der Waals surface area contributed by atoms with E-state index in [1.54, 1.807) is 0 Å². The van der Waals surface area contributed by atoms with Gasteiger partial charge in [0, 0.05) is 5.69 Å². The molecular weight excluding hydrogens is 295 g/mol. The third kappa shape index (κ3) is 2.83. The molecule has 0 aliphatic heterocycles. The van der Waals surface area contributed by atoms with E-state index in [1.807, 2.05) is 0 Å². The average Bonchev–Trinajstić information content (AvgIpc) is 2.86. The second-order valence-electron chi connectivity index (χ2n) is 3.93. The molecule has 2 rings (SSSR count). The number of imidazole rings is 1. The molecule has 1 aromatic heterocycles. The molecule has 0 saturated carbocycles. The lowest BCUT2D eigenvalue weighted by Crippen LogP contribution is -2.13. The summed E-state index contributed by atoms with van der Waals surface area (Å²) < 4.78 is 39.5. The van der Waals surface area contributed by atoms with Crippen LogP contribution < -0.4 is 0 Å². The van der Waals surface area contributed by atoms with E-state index in [9.17, 15) is 28.1 Å². The molecule has 10 heteroatoms. The van der Waals surface area contributed by atoms with E-state index in [0.717, 1.165) is 29.2 Å². The van der Waals surface area contributed by atoms with E-state index >= 15 is 0 Å². The number of hydrogen-bond donors (Lipinski definition) is 1. The first-order valence-corrected chi connectivity index (χ1v) is 5.33. The van der Waals surface area contributed by atoms with Gasteiger partial charge in [-0.15, -0.1) is 0 Å². The van der Waals surface area contributed by atoms with Crippen LogP contribution in [0.3, 0.4) is 0 Å². The number of nitrogens with zero attached hydrogens (tertiary/aromatic N) is 3. The molecule has 0 spiro atoms. The van der Waals surface area contributed by atoms with Crippen LogP contribution in [-0.2, 0) is 6.18 Å². The molecule has 0 amide bonds. The molecule has 0 unspecified atom stereocenters. The standard InChI is InChI=1S/C11H6F3N3O4/c12-11(13,14)8-3-6(1-2-7(8)10(18)19)16-4-9(15-5-16)17(20)21/h1-5H,(H,18,19). The zero-order chi connectivity index (χ0) is 15.8. The van der Waals surface area contributed by atoms with Crippen molar-refractivity contribution in [2.45, 2.75) is 6.18 Å². The normalized spacial score (nSPS) is 11.4. The van der Waals surface area contributed by atoms with Crippen LogP contribution in [-0.4, -0.2) is 25.6 Å². The molecule has 21 heavy (non-hydrogen) atoms. The van der Waals surface area contributed by atoms with Gasteiger partial charge in [0.2, 0.25) is 6.33 Å². The van der Waals surface area contributed by atoms with Crippen LogP contribution in [0.5, 0.6) is 0 Å². The van der Waals surface area contributed by atoms with Crippen LogP contribution in [0.2, 0.25) is 0 Å². The fraction of sp³-hybridized carbons (Fsp3) is 0.0909. The van der Waals surface area contributed by atoms with E-state index in [0.29, 0.717) is 6.07 Å². The molecule has 0 fully saturated rings. The summed E-state index contributed by atoms with van der Waals surface area (Å²) in [7, 11) is 0. The molecule has 0 bridgehead atoms. The highest BCUT2D eigenvalue weighted by molar-refractivity contribution is 5.90. The van der Waals surface area contributed by atoms with E-state index in [2.05, 4.69) is 4.98 Å². The fourth-order valence-electron chi connectivity index (χ4n) is 1.66. The molecule has 2 aromatic rings. The monoisotopic (exact) mass is 301 g/mol. The minimum Gasteiger partial charge on any atom is -0.478 e. The highest BCUT2D eigenvalue weighted by atomic mass is 19.4. The van der Waals surface area contributed by atoms with Gasteiger partial charge in [0.05, 0.1) is 11.1 Å². The van der Waals surface area contributed by atoms with Crippen LogP contribution in [0.1, 0.15) is 15.9 Å². The Morgan fingerprint density at radius 3 is 2.52 bits per heavy atom. The summed E-state index contributed by atoms with van der Waals surface area (Å²) in [5, 5.41) is 19.2. The Morgan fingerprint density at radius 2 is 2.05 bits per heavy atom. The summed E-state index contributed by atoms with van der Waals surface area (Å²) in [4.78, 5) is 23.9. The third-order valence-corrected chi connectivity index (χ3v) is 2.59. The Morgan fingerprint density at radius 1 is 1.38 bits per heavy atom. The van der Waals surface area contributed by atoms with Crippen molar-refractivity contribution in [3.05, 3.63) is 52.0 Å². The maximum Gasteiger partial charge on any atom is 0.417 e. The molecule has 110 valence electrons. The number of rotatable bonds is 3. The summed E-state index contributed by atoms with van der Waals surface area (Å²) in [5.41, 5.74) is -2.34. The van der Waals surface area contributed by atoms with E-state index in [1.165, 1.54) is 0 Å². The van der Waals surface area contributed by atoms with Gasteiger partial charge in [-0.05, 0) is 28.1 Å². The quantitative estimate of drug-likeness (QED) is 0.693. The van der Waals surface area contributed by atoms with Crippen LogP contribution in [0, 0.1) is 10.1 Å². The number of aromatic nitrogens is 2. The highest BCUT2D eigenvalue weighted by Crippen LogP contribution is 2.33. The van der Waals surface area contributed by atoms with Crippen molar-refractivity contribution in [2.75, 3.05) is 0 Å². The number of hydrogen-bond acceptors (Lipinski definition) is 4. The van der Waals surface area contributed by atoms with Gasteiger partial charge < -0.3 is 15.2 Å². The number of aromatic carboxylic acids is 1. The second kappa shape index (κ2) is 4.89. The fourth-order valence-corrected chi connectivity index (χ4v) is 1.66. The molecule has 0 radical (unpaired) electrons. The van der Waals surface area contributed by atoms with E-state index in [4.69, 9.17) is 5.11 Å². The van der Waals surface area contributed by atoms with Crippen molar-refractivity contribution >= 4 is 11.8 Å². The lowest BCUT2D eigenvalue weighted by Gasteiger charge is -2.12. The molecule has 1 N–H and O–H groups in total. The summed E-state index contributed by atoms with van der Waals surface area (Å²) in [6, 6.07) is 2.48. The van der Waals surface area contributed by atoms with Gasteiger partial charge in [0.15, 0.2) is 0 Å². The Kier molecular flexibility index (Phi) is 3.37. The Balaban J connectivity index is 2.56. The number of carboxylic acids is 1. The zero-order valence-corrected chi connectivity index (χ0v) is 10.0. The van der Waals surface area contributed by atoms with Gasteiger partial charge in [-0.3, -0.25) is 4.57 Å². The van der Waals surface area contributed by atoms with E-state index in [-0.39, 0.29) is 5.69 Å². The number of nitro groups is 1. The van der Waals surface area contributed by atoms with Crippen LogP contribution >= 0.6 is 0 Å². The topological polar surface area (TPSA) is 98.3 Å². The van der Waals surface area contributed by atoms with Crippen molar-refractivity contribution in [3.8, 4) is 5.69 Å². The number of carboxylic acid groups (broad SMARTS) is 1. The van der Waals surface area contributed by atoms with Crippen molar-refractivity contribution in [1.29, 1.82) is 0 Å². The van der Waals surface area contributed by atoms with Crippen molar-refractivity contribution in [2.24, 2.45) is 0 Å². The number of alkyl halides is 3. The maximum atomic E-state index is 12.8. The molecule has 0 aliphatic rings. The van der Waals surface area contributed by atoms with Crippen LogP contribution in [0.4, 0.5) is 19.0 Å². The molecule has 1 aromatic carbocycles. The minimum atomic E-state index is -4.86. The number of benzene rings is 1. The molecule has 0 atom stereocenters. The number of carbonyl (C=O) groups is 1. The van der Waals surface area contributed by atoms with Gasteiger partial charge in [0.25, 0.3) is 0 Å². The van der Waals surface area contributed by atoms with Gasteiger partial charge in [-0.2, -0.15) is 13.2 Å². The summed E-state index contributed by atoms with van der Waals surface area (Å²) in [5.74, 6) is -2.25. The lowest BCUT2D eigenvalue weighted by atomic mass is 10.1. The van der Waals surface area contributed by atoms with E-state index < -0.39 is 34.0 Å². The lowest BCUT2D eigenvalue weighted by molar-refractivity contribution is -0.389. The zero-order valence-electron chi connectivity index (χ0n) is 10.0. The number of halogens is 3. The van der Waals surface area contributed by atoms with Gasteiger partial charge in [-0.25, -0.2) is 4.79 Å². The SMILES string of the molecule is O=C(O)c1ccc(-n2cnc([N+](=O)[O-])c2)cc1C(F)(F)F. The smallest absolute Gasteiger partial charge is 0.417 e. The Labute approximate surface area is 114 Å². The maximum absolute atomic E-state index is 12.8. The Hall–Kier alpha value is -2.91. The van der Waals surface area contributed by atoms with Gasteiger partial charge >= 0.3 is 18.0 Å². The minimum absolute atomic E-state index is 0.0899. The van der Waals surface area contributed by atoms with Crippen LogP contribution in [0.25, 0.3) is 5.69 Å². The summed E-state index contributed by atoms with van der Waals surface area (Å²) >= 11 is 0. The van der Waals surface area contributed by atoms with Crippen LogP contribution in [0.15, 0.2) is 30.7 Å². The molecule has 7 nitrogen and oxygen atoms in total. The first-order valence-electron chi connectivity index (χ1n) is 5.33. The molecule has 1 heterocycles. The highest BCUT2D eigenvalue weighted by Gasteiger charge is 2.35. The first-order chi connectivity index (χ1) is 9.70. The Bertz CT molecular complexity index is 724. The summed E-state index contributed by atoms with van der Waals surface area (Å²) in [6.45, 7) is 0. The van der Waals surface area contributed by atoms with Crippen molar-refractivity contribution in [1.82, 2.24) is 9.55 Å². The molecular formula is C11H6F3N3O4. The molecule has 0 aliphatic carbocycles. The predicted molar refractivity (Wildman–Crippen MR) is 62.2 cm³/mol. The second-order valence-corrected chi connectivity index (χ2v) is 3.93. The predicted octanol–water partition coefficient (Wildman–Crippen LogP) is 2.50. The third-order valence-electron chi connectivity index (χ3n) is 2.59. The summed E-state index contributed by atoms with van der Waals surface area (Å²) in [6.07, 6.45) is -2.97. The first kappa shape index (κ1) is 14.5. The largest absolute Gasteiger partial charge is 0.478 e. The van der Waals surface area contributed by atoms with Gasteiger partial charge in [-0.1, -0.05) is 0 Å². The van der Waals surface area contributed by atoms with Gasteiger partial charge in [0.1, 0.15) is 6.20 Å². The average molecular weight is 301 g/mol.